The Labute approximate surface area is 118 Å². The molecule has 21 heavy (non-hydrogen) atoms. The second-order valence-corrected chi connectivity index (χ2v) is 5.38. The largest absolute Gasteiger partial charge is 0.465 e. The normalized spacial score (nSPS) is 15.2. The lowest BCUT2D eigenvalue weighted by Gasteiger charge is -2.29. The van der Waals surface area contributed by atoms with Gasteiger partial charge in [-0.3, -0.25) is 4.79 Å². The molecule has 12 heteroatoms. The summed E-state index contributed by atoms with van der Waals surface area (Å²) in [5, 5.41) is 10.2. The van der Waals surface area contributed by atoms with Crippen molar-refractivity contribution >= 4 is 19.2 Å². The molecule has 0 aromatic heterocycles. The van der Waals surface area contributed by atoms with Gasteiger partial charge in [-0.1, -0.05) is 0 Å². The smallest absolute Gasteiger partial charge is 0.448 e. The number of nitrogens with one attached hydrogen (secondary N) is 1. The topological polar surface area (TPSA) is 111 Å². The standard InChI is InChI=1S/C9H15F3NO7P/c1-4-19-21(17,20-5-2)7(15)13-8(16,6(14)18-3)9(10,11)12/h16H,4-5H2,1-3H3,(H,13,15). The summed E-state index contributed by atoms with van der Waals surface area (Å²) in [6.07, 6.45) is -5.61. The summed E-state index contributed by atoms with van der Waals surface area (Å²) in [5.74, 6) is -2.21. The molecule has 0 spiro atoms. The van der Waals surface area contributed by atoms with Gasteiger partial charge in [0.1, 0.15) is 0 Å². The Morgan fingerprint density at radius 3 is 1.90 bits per heavy atom. The molecule has 0 bridgehead atoms. The lowest BCUT2D eigenvalue weighted by Crippen LogP contribution is -2.64. The maximum Gasteiger partial charge on any atom is 0.448 e. The second kappa shape index (κ2) is 7.21. The molecular weight excluding hydrogens is 322 g/mol. The lowest BCUT2D eigenvalue weighted by molar-refractivity contribution is -0.267. The van der Waals surface area contributed by atoms with Crippen LogP contribution in [0.1, 0.15) is 13.8 Å². The first-order chi connectivity index (χ1) is 9.48. The van der Waals surface area contributed by atoms with Gasteiger partial charge in [-0.2, -0.15) is 13.2 Å². The molecule has 1 unspecified atom stereocenters. The van der Waals surface area contributed by atoms with Gasteiger partial charge in [0.25, 0.3) is 0 Å². The van der Waals surface area contributed by atoms with Crippen molar-refractivity contribution in [3.63, 3.8) is 0 Å². The molecule has 0 aliphatic heterocycles. The van der Waals surface area contributed by atoms with E-state index in [9.17, 15) is 32.4 Å². The molecule has 1 atom stereocenters. The summed E-state index contributed by atoms with van der Waals surface area (Å²) >= 11 is 0. The van der Waals surface area contributed by atoms with Crippen molar-refractivity contribution < 1.29 is 46.2 Å². The summed E-state index contributed by atoms with van der Waals surface area (Å²) in [4.78, 5) is 22.7. The molecule has 0 heterocycles. The van der Waals surface area contributed by atoms with Gasteiger partial charge in [-0.05, 0) is 13.8 Å². The van der Waals surface area contributed by atoms with Gasteiger partial charge in [0.05, 0.1) is 20.3 Å². The maximum atomic E-state index is 12.7. The third-order valence-corrected chi connectivity index (χ3v) is 3.83. The summed E-state index contributed by atoms with van der Waals surface area (Å²) < 4.78 is 62.9. The predicted molar refractivity (Wildman–Crippen MR) is 62.4 cm³/mol. The molecule has 0 radical (unpaired) electrons. The molecule has 124 valence electrons. The van der Waals surface area contributed by atoms with Crippen LogP contribution >= 0.6 is 7.60 Å². The van der Waals surface area contributed by atoms with Crippen molar-refractivity contribution in [3.8, 4) is 0 Å². The van der Waals surface area contributed by atoms with E-state index < -0.39 is 31.1 Å². The van der Waals surface area contributed by atoms with Crippen LogP contribution in [0.4, 0.5) is 18.0 Å². The van der Waals surface area contributed by atoms with Gasteiger partial charge in [-0.15, -0.1) is 0 Å². The van der Waals surface area contributed by atoms with Gasteiger partial charge in [0.2, 0.25) is 0 Å². The van der Waals surface area contributed by atoms with E-state index in [0.29, 0.717) is 7.11 Å². The zero-order valence-electron chi connectivity index (χ0n) is 11.4. The zero-order valence-corrected chi connectivity index (χ0v) is 12.3. The van der Waals surface area contributed by atoms with E-state index in [2.05, 4.69) is 13.8 Å². The second-order valence-electron chi connectivity index (χ2n) is 3.46. The van der Waals surface area contributed by atoms with E-state index in [1.807, 2.05) is 0 Å². The van der Waals surface area contributed by atoms with Gasteiger partial charge in [0.15, 0.2) is 0 Å². The van der Waals surface area contributed by atoms with Crippen molar-refractivity contribution in [2.45, 2.75) is 25.7 Å². The number of methoxy groups -OCH3 is 1. The van der Waals surface area contributed by atoms with Crippen LogP contribution in [0.3, 0.4) is 0 Å². The van der Waals surface area contributed by atoms with Crippen LogP contribution in [-0.2, 0) is 23.1 Å². The molecule has 0 aliphatic carbocycles. The summed E-state index contributed by atoms with van der Waals surface area (Å²) in [5.41, 5.74) is -6.29. The highest BCUT2D eigenvalue weighted by Gasteiger charge is 2.63. The fourth-order valence-electron chi connectivity index (χ4n) is 1.10. The molecule has 0 aromatic rings. The number of carbonyl (C=O) groups is 2. The van der Waals surface area contributed by atoms with Crippen LogP contribution in [0.25, 0.3) is 0 Å². The van der Waals surface area contributed by atoms with Crippen LogP contribution in [-0.4, -0.2) is 48.9 Å². The number of rotatable bonds is 7. The van der Waals surface area contributed by atoms with Gasteiger partial charge in [-0.25, -0.2) is 9.36 Å². The minimum Gasteiger partial charge on any atom is -0.465 e. The van der Waals surface area contributed by atoms with Crippen LogP contribution in [0.15, 0.2) is 0 Å². The van der Waals surface area contributed by atoms with Crippen molar-refractivity contribution in [1.82, 2.24) is 5.32 Å². The fourth-order valence-corrected chi connectivity index (χ4v) is 2.39. The molecule has 0 rings (SSSR count). The molecule has 0 fully saturated rings. The van der Waals surface area contributed by atoms with E-state index in [1.165, 1.54) is 13.8 Å². The summed E-state index contributed by atoms with van der Waals surface area (Å²) in [7, 11) is -4.08. The average Bonchev–Trinajstić information content (AvgIpc) is 2.36. The first-order valence-electron chi connectivity index (χ1n) is 5.57. The first kappa shape index (κ1) is 19.8. The Bertz CT molecular complexity index is 432. The highest BCUT2D eigenvalue weighted by molar-refractivity contribution is 7.71. The molecule has 1 amide bonds. The molecular formula is C9H15F3NO7P. The number of alkyl halides is 3. The monoisotopic (exact) mass is 337 g/mol. The quantitative estimate of drug-likeness (QED) is 0.410. The fraction of sp³-hybridized carbons (Fsp3) is 0.778. The van der Waals surface area contributed by atoms with E-state index >= 15 is 0 Å². The van der Waals surface area contributed by atoms with E-state index in [0.717, 1.165) is 5.32 Å². The minimum atomic E-state index is -5.61. The highest BCUT2D eigenvalue weighted by Crippen LogP contribution is 2.49. The number of amides is 1. The Balaban J connectivity index is 5.50. The molecule has 0 saturated carbocycles. The molecule has 0 saturated heterocycles. The molecule has 0 aliphatic rings. The predicted octanol–water partition coefficient (Wildman–Crippen LogP) is 1.39. The van der Waals surface area contributed by atoms with Crippen molar-refractivity contribution in [1.29, 1.82) is 0 Å². The summed E-state index contributed by atoms with van der Waals surface area (Å²) in [6, 6.07) is 0. The average molecular weight is 337 g/mol. The Hall–Kier alpha value is -1.16. The summed E-state index contributed by atoms with van der Waals surface area (Å²) in [6.45, 7) is 2.01. The van der Waals surface area contributed by atoms with E-state index in [1.54, 1.807) is 0 Å². The lowest BCUT2D eigenvalue weighted by atomic mass is 10.2. The van der Waals surface area contributed by atoms with Crippen LogP contribution in [0.2, 0.25) is 0 Å². The van der Waals surface area contributed by atoms with E-state index in [4.69, 9.17) is 0 Å². The number of aliphatic hydroxyl groups is 1. The molecule has 8 nitrogen and oxygen atoms in total. The number of hydrogen-bond acceptors (Lipinski definition) is 7. The SMILES string of the molecule is CCOP(=O)(OCC)C(=O)NC(O)(C(=O)OC)C(F)(F)F. The van der Waals surface area contributed by atoms with Crippen molar-refractivity contribution in [2.75, 3.05) is 20.3 Å². The Morgan fingerprint density at radius 1 is 1.19 bits per heavy atom. The van der Waals surface area contributed by atoms with Crippen LogP contribution < -0.4 is 5.32 Å². The third-order valence-electron chi connectivity index (χ3n) is 2.03. The van der Waals surface area contributed by atoms with Gasteiger partial charge >= 0.3 is 31.1 Å². The molecule has 2 N–H and O–H groups in total. The number of halogens is 3. The highest BCUT2D eigenvalue weighted by atomic mass is 31.2. The minimum absolute atomic E-state index is 0.312. The first-order valence-corrected chi connectivity index (χ1v) is 7.12. The Kier molecular flexibility index (Phi) is 6.81. The van der Waals surface area contributed by atoms with E-state index in [-0.39, 0.29) is 13.2 Å². The van der Waals surface area contributed by atoms with Crippen molar-refractivity contribution in [2.24, 2.45) is 0 Å². The maximum absolute atomic E-state index is 12.7. The van der Waals surface area contributed by atoms with Crippen molar-refractivity contribution in [3.05, 3.63) is 0 Å². The number of esters is 1. The number of hydrogen-bond donors (Lipinski definition) is 2. The number of carbonyl (C=O) groups excluding carboxylic acids is 2. The van der Waals surface area contributed by atoms with Crippen LogP contribution in [0, 0.1) is 0 Å². The number of ether oxygens (including phenoxy) is 1. The molecule has 0 aromatic carbocycles. The third kappa shape index (κ3) is 4.40. The van der Waals surface area contributed by atoms with Gasteiger partial charge < -0.3 is 24.2 Å². The zero-order chi connectivity index (χ0) is 16.9. The Morgan fingerprint density at radius 2 is 1.62 bits per heavy atom. The van der Waals surface area contributed by atoms with Gasteiger partial charge in [0, 0.05) is 0 Å². The van der Waals surface area contributed by atoms with Crippen LogP contribution in [0.5, 0.6) is 0 Å².